The Morgan fingerprint density at radius 2 is 1.95 bits per heavy atom. The Hall–Kier alpha value is -1.94. The average Bonchev–Trinajstić information content (AvgIpc) is 2.46. The summed E-state index contributed by atoms with van der Waals surface area (Å²) >= 11 is 4.36. The van der Waals surface area contributed by atoms with Crippen molar-refractivity contribution in [2.75, 3.05) is 0 Å². The molecule has 0 fully saturated rings. The van der Waals surface area contributed by atoms with Crippen LogP contribution in [0.15, 0.2) is 54.6 Å². The van der Waals surface area contributed by atoms with Gasteiger partial charge in [-0.25, -0.2) is 0 Å². The number of ether oxygens (including phenoxy) is 1. The molecular weight excluding hydrogens is 270 g/mol. The Kier molecular flexibility index (Phi) is 5.07. The summed E-state index contributed by atoms with van der Waals surface area (Å²) in [7, 11) is 0. The number of carbonyl (C=O) groups is 1. The molecule has 0 aliphatic heterocycles. The molecule has 2 aromatic carbocycles. The van der Waals surface area contributed by atoms with Gasteiger partial charge in [0.15, 0.2) is 0 Å². The third-order valence-electron chi connectivity index (χ3n) is 2.76. The van der Waals surface area contributed by atoms with E-state index in [1.54, 1.807) is 0 Å². The Labute approximate surface area is 124 Å². The number of amides is 1. The molecule has 0 bridgehead atoms. The summed E-state index contributed by atoms with van der Waals surface area (Å²) in [6.07, 6.45) is 0. The van der Waals surface area contributed by atoms with Crippen molar-refractivity contribution in [1.82, 2.24) is 5.32 Å². The fraction of sp³-hybridized carbons (Fsp3) is 0.188. The van der Waals surface area contributed by atoms with Crippen molar-refractivity contribution in [3.05, 3.63) is 65.7 Å². The van der Waals surface area contributed by atoms with Gasteiger partial charge in [0.1, 0.15) is 12.4 Å². The molecule has 1 atom stereocenters. The number of nitrogens with one attached hydrogen (secondary N) is 1. The van der Waals surface area contributed by atoms with Crippen molar-refractivity contribution in [2.24, 2.45) is 0 Å². The Balaban J connectivity index is 2.01. The minimum atomic E-state index is -0.326. The summed E-state index contributed by atoms with van der Waals surface area (Å²) in [5.74, 6) is 0.649. The lowest BCUT2D eigenvalue weighted by atomic mass is 10.2. The lowest BCUT2D eigenvalue weighted by Crippen LogP contribution is -2.22. The SMILES string of the molecule is CC(=O)NC(S)c1cccc(OCc2ccccc2)c1. The minimum Gasteiger partial charge on any atom is -0.489 e. The van der Waals surface area contributed by atoms with Crippen LogP contribution < -0.4 is 10.1 Å². The number of thiol groups is 1. The van der Waals surface area contributed by atoms with Gasteiger partial charge >= 0.3 is 0 Å². The molecule has 1 N–H and O–H groups in total. The molecule has 1 amide bonds. The molecule has 104 valence electrons. The first-order valence-corrected chi connectivity index (χ1v) is 6.88. The van der Waals surface area contributed by atoms with Crippen molar-refractivity contribution in [2.45, 2.75) is 18.9 Å². The van der Waals surface area contributed by atoms with Crippen molar-refractivity contribution < 1.29 is 9.53 Å². The maximum absolute atomic E-state index is 11.0. The molecule has 0 saturated heterocycles. The van der Waals surface area contributed by atoms with Crippen LogP contribution in [-0.4, -0.2) is 5.91 Å². The molecule has 4 heteroatoms. The monoisotopic (exact) mass is 287 g/mol. The standard InChI is InChI=1S/C16H17NO2S/c1-12(18)17-16(20)14-8-5-9-15(10-14)19-11-13-6-3-2-4-7-13/h2-10,16,20H,11H2,1H3,(H,17,18). The highest BCUT2D eigenvalue weighted by Gasteiger charge is 2.08. The number of hydrogen-bond acceptors (Lipinski definition) is 3. The topological polar surface area (TPSA) is 38.3 Å². The zero-order valence-electron chi connectivity index (χ0n) is 11.2. The van der Waals surface area contributed by atoms with E-state index in [4.69, 9.17) is 4.74 Å². The minimum absolute atomic E-state index is 0.111. The maximum Gasteiger partial charge on any atom is 0.217 e. The number of hydrogen-bond donors (Lipinski definition) is 2. The third kappa shape index (κ3) is 4.31. The quantitative estimate of drug-likeness (QED) is 0.654. The smallest absolute Gasteiger partial charge is 0.217 e. The normalized spacial score (nSPS) is 11.7. The first kappa shape index (κ1) is 14.5. The van der Waals surface area contributed by atoms with E-state index >= 15 is 0 Å². The largest absolute Gasteiger partial charge is 0.489 e. The average molecular weight is 287 g/mol. The van der Waals surface area contributed by atoms with Gasteiger partial charge in [0.05, 0.1) is 5.37 Å². The van der Waals surface area contributed by atoms with Crippen LogP contribution in [0.25, 0.3) is 0 Å². The van der Waals surface area contributed by atoms with Crippen molar-refractivity contribution in [1.29, 1.82) is 0 Å². The van der Waals surface area contributed by atoms with E-state index in [1.165, 1.54) is 6.92 Å². The van der Waals surface area contributed by atoms with Crippen LogP contribution in [0.1, 0.15) is 23.4 Å². The van der Waals surface area contributed by atoms with E-state index in [1.807, 2.05) is 54.6 Å². The summed E-state index contributed by atoms with van der Waals surface area (Å²) < 4.78 is 5.74. The molecule has 0 saturated carbocycles. The van der Waals surface area contributed by atoms with Gasteiger partial charge in [0.25, 0.3) is 0 Å². The summed E-state index contributed by atoms with van der Waals surface area (Å²) in [6, 6.07) is 17.5. The van der Waals surface area contributed by atoms with Crippen LogP contribution in [0, 0.1) is 0 Å². The molecule has 0 radical (unpaired) electrons. The van der Waals surface area contributed by atoms with Gasteiger partial charge < -0.3 is 10.1 Å². The molecule has 0 heterocycles. The molecule has 0 aliphatic rings. The highest BCUT2D eigenvalue weighted by molar-refractivity contribution is 7.80. The molecule has 2 aromatic rings. The van der Waals surface area contributed by atoms with Crippen LogP contribution in [-0.2, 0) is 11.4 Å². The molecule has 3 nitrogen and oxygen atoms in total. The molecule has 1 unspecified atom stereocenters. The summed E-state index contributed by atoms with van der Waals surface area (Å²) in [5.41, 5.74) is 2.01. The second kappa shape index (κ2) is 7.01. The van der Waals surface area contributed by atoms with E-state index in [0.29, 0.717) is 6.61 Å². The predicted molar refractivity (Wildman–Crippen MR) is 82.8 cm³/mol. The number of rotatable bonds is 5. The molecular formula is C16H17NO2S. The molecule has 0 aromatic heterocycles. The Morgan fingerprint density at radius 3 is 2.65 bits per heavy atom. The van der Waals surface area contributed by atoms with Crippen LogP contribution in [0.2, 0.25) is 0 Å². The van der Waals surface area contributed by atoms with E-state index in [9.17, 15) is 4.79 Å². The van der Waals surface area contributed by atoms with E-state index in [2.05, 4.69) is 17.9 Å². The molecule has 0 aliphatic carbocycles. The van der Waals surface area contributed by atoms with Crippen LogP contribution >= 0.6 is 12.6 Å². The lowest BCUT2D eigenvalue weighted by molar-refractivity contribution is -0.119. The van der Waals surface area contributed by atoms with Gasteiger partial charge in [-0.3, -0.25) is 4.79 Å². The van der Waals surface area contributed by atoms with Gasteiger partial charge in [0.2, 0.25) is 5.91 Å². The number of carbonyl (C=O) groups excluding carboxylic acids is 1. The molecule has 2 rings (SSSR count). The summed E-state index contributed by atoms with van der Waals surface area (Å²) in [4.78, 5) is 11.0. The number of benzene rings is 2. The second-order valence-electron chi connectivity index (χ2n) is 4.45. The summed E-state index contributed by atoms with van der Waals surface area (Å²) in [6.45, 7) is 1.99. The Bertz CT molecular complexity index is 572. The summed E-state index contributed by atoms with van der Waals surface area (Å²) in [5, 5.41) is 2.40. The predicted octanol–water partition coefficient (Wildman–Crippen LogP) is 3.33. The van der Waals surface area contributed by atoms with Crippen LogP contribution in [0.3, 0.4) is 0 Å². The zero-order valence-corrected chi connectivity index (χ0v) is 12.1. The molecule has 0 spiro atoms. The molecule has 20 heavy (non-hydrogen) atoms. The maximum atomic E-state index is 11.0. The second-order valence-corrected chi connectivity index (χ2v) is 4.97. The first-order valence-electron chi connectivity index (χ1n) is 6.37. The van der Waals surface area contributed by atoms with Crippen LogP contribution in [0.5, 0.6) is 5.75 Å². The fourth-order valence-corrected chi connectivity index (χ4v) is 2.13. The van der Waals surface area contributed by atoms with Gasteiger partial charge in [-0.05, 0) is 23.3 Å². The zero-order chi connectivity index (χ0) is 14.4. The van der Waals surface area contributed by atoms with Crippen LogP contribution in [0.4, 0.5) is 0 Å². The first-order chi connectivity index (χ1) is 9.65. The van der Waals surface area contributed by atoms with Gasteiger partial charge in [-0.2, -0.15) is 0 Å². The van der Waals surface area contributed by atoms with Gasteiger partial charge in [-0.15, -0.1) is 12.6 Å². The highest BCUT2D eigenvalue weighted by Crippen LogP contribution is 2.22. The lowest BCUT2D eigenvalue weighted by Gasteiger charge is -2.13. The third-order valence-corrected chi connectivity index (χ3v) is 3.19. The van der Waals surface area contributed by atoms with E-state index in [-0.39, 0.29) is 11.3 Å². The van der Waals surface area contributed by atoms with E-state index < -0.39 is 0 Å². The van der Waals surface area contributed by atoms with Crippen molar-refractivity contribution >= 4 is 18.5 Å². The highest BCUT2D eigenvalue weighted by atomic mass is 32.1. The van der Waals surface area contributed by atoms with Crippen molar-refractivity contribution in [3.63, 3.8) is 0 Å². The van der Waals surface area contributed by atoms with Gasteiger partial charge in [-0.1, -0.05) is 42.5 Å². The van der Waals surface area contributed by atoms with Crippen molar-refractivity contribution in [3.8, 4) is 5.75 Å². The fourth-order valence-electron chi connectivity index (χ4n) is 1.79. The van der Waals surface area contributed by atoms with Gasteiger partial charge in [0, 0.05) is 6.92 Å². The van der Waals surface area contributed by atoms with E-state index in [0.717, 1.165) is 16.9 Å². The Morgan fingerprint density at radius 1 is 1.20 bits per heavy atom.